The molecule has 2 N–H and O–H groups in total. The maximum atomic E-state index is 12.7. The number of aromatic nitrogens is 3. The fraction of sp³-hybridized carbons (Fsp3) is 0.364. The topological polar surface area (TPSA) is 107 Å². The van der Waals surface area contributed by atoms with Crippen LogP contribution >= 0.6 is 11.8 Å². The number of amides is 2. The minimum absolute atomic E-state index is 0.214. The zero-order valence-corrected chi connectivity index (χ0v) is 18.9. The minimum Gasteiger partial charge on any atom is -0.496 e. The first-order valence-electron chi connectivity index (χ1n) is 10.3. The molecule has 9 nitrogen and oxygen atoms in total. The largest absolute Gasteiger partial charge is 0.496 e. The number of fused-ring (bicyclic) bond motifs is 1. The Bertz CT molecular complexity index is 1130. The van der Waals surface area contributed by atoms with Crippen LogP contribution in [-0.2, 0) is 11.3 Å². The Morgan fingerprint density at radius 1 is 1.19 bits per heavy atom. The highest BCUT2D eigenvalue weighted by Gasteiger charge is 2.22. The van der Waals surface area contributed by atoms with Gasteiger partial charge in [-0.05, 0) is 49.1 Å². The summed E-state index contributed by atoms with van der Waals surface area (Å²) >= 11 is 1.60. The molecule has 0 fully saturated rings. The van der Waals surface area contributed by atoms with E-state index in [4.69, 9.17) is 4.74 Å². The third kappa shape index (κ3) is 5.70. The molecule has 1 atom stereocenters. The number of hydrogen-bond donors (Lipinski definition) is 2. The van der Waals surface area contributed by atoms with Crippen LogP contribution in [-0.4, -0.2) is 57.7 Å². The number of rotatable bonds is 11. The minimum atomic E-state index is -0.669. The summed E-state index contributed by atoms with van der Waals surface area (Å²) < 4.78 is 8.10. The first-order valence-corrected chi connectivity index (χ1v) is 11.7. The average molecular weight is 458 g/mol. The van der Waals surface area contributed by atoms with Crippen molar-refractivity contribution in [1.29, 1.82) is 0 Å². The summed E-state index contributed by atoms with van der Waals surface area (Å²) in [6, 6.07) is 11.6. The van der Waals surface area contributed by atoms with E-state index in [1.807, 2.05) is 12.3 Å². The highest BCUT2D eigenvalue weighted by molar-refractivity contribution is 7.98. The molecule has 0 aliphatic heterocycles. The van der Waals surface area contributed by atoms with Crippen LogP contribution in [0.4, 0.5) is 0 Å². The Morgan fingerprint density at radius 3 is 2.72 bits per heavy atom. The number of aryl methyl sites for hydroxylation is 1. The third-order valence-electron chi connectivity index (χ3n) is 4.92. The summed E-state index contributed by atoms with van der Waals surface area (Å²) in [5.41, 5.74) is 0.745. The molecule has 0 saturated heterocycles. The molecule has 2 heterocycles. The van der Waals surface area contributed by atoms with Gasteiger partial charge in [-0.3, -0.25) is 14.0 Å². The van der Waals surface area contributed by atoms with Crippen molar-refractivity contribution in [1.82, 2.24) is 24.8 Å². The predicted molar refractivity (Wildman–Crippen MR) is 124 cm³/mol. The summed E-state index contributed by atoms with van der Waals surface area (Å²) in [5, 5.41) is 9.95. The Kier molecular flexibility index (Phi) is 8.32. The lowest BCUT2D eigenvalue weighted by molar-refractivity contribution is -0.123. The number of hydrogen-bond acceptors (Lipinski definition) is 6. The molecule has 0 aliphatic rings. The number of thioether (sulfide) groups is 1. The second kappa shape index (κ2) is 11.4. The van der Waals surface area contributed by atoms with Gasteiger partial charge in [-0.15, -0.1) is 5.10 Å². The van der Waals surface area contributed by atoms with Crippen LogP contribution in [0, 0.1) is 0 Å². The van der Waals surface area contributed by atoms with Gasteiger partial charge < -0.3 is 15.4 Å². The highest BCUT2D eigenvalue weighted by atomic mass is 32.2. The van der Waals surface area contributed by atoms with E-state index in [-0.39, 0.29) is 17.5 Å². The highest BCUT2D eigenvalue weighted by Crippen LogP contribution is 2.17. The lowest BCUT2D eigenvalue weighted by Crippen LogP contribution is -2.47. The van der Waals surface area contributed by atoms with E-state index < -0.39 is 6.04 Å². The van der Waals surface area contributed by atoms with E-state index in [1.54, 1.807) is 54.4 Å². The Hall–Kier alpha value is -3.27. The van der Waals surface area contributed by atoms with Gasteiger partial charge in [0, 0.05) is 19.3 Å². The van der Waals surface area contributed by atoms with E-state index in [0.717, 1.165) is 5.75 Å². The normalized spacial score (nSPS) is 11.8. The van der Waals surface area contributed by atoms with Gasteiger partial charge in [-0.2, -0.15) is 11.8 Å². The van der Waals surface area contributed by atoms with Crippen molar-refractivity contribution in [2.75, 3.05) is 25.7 Å². The quantitative estimate of drug-likeness (QED) is 0.423. The standard InChI is InChI=1S/C22H27N5O4S/c1-31-18-9-4-3-8-16(18)20(28)24-17(11-15-32-2)21(29)23-12-7-14-27-22(30)26-13-6-5-10-19(26)25-27/h3-6,8-10,13,17H,7,11-12,14-15H2,1-2H3,(H,23,29)(H,24,28). The molecule has 1 unspecified atom stereocenters. The van der Waals surface area contributed by atoms with Gasteiger partial charge >= 0.3 is 5.69 Å². The van der Waals surface area contributed by atoms with Gasteiger partial charge in [0.25, 0.3) is 5.91 Å². The zero-order valence-electron chi connectivity index (χ0n) is 18.1. The lowest BCUT2D eigenvalue weighted by atomic mass is 10.1. The monoisotopic (exact) mass is 457 g/mol. The van der Waals surface area contributed by atoms with Crippen LogP contribution in [0.25, 0.3) is 5.65 Å². The number of methoxy groups -OCH3 is 1. The van der Waals surface area contributed by atoms with Gasteiger partial charge in [0.2, 0.25) is 5.91 Å². The van der Waals surface area contributed by atoms with Gasteiger partial charge in [-0.1, -0.05) is 18.2 Å². The van der Waals surface area contributed by atoms with Crippen LogP contribution in [0.2, 0.25) is 0 Å². The molecule has 0 spiro atoms. The molecule has 1 aromatic carbocycles. The van der Waals surface area contributed by atoms with E-state index in [2.05, 4.69) is 15.7 Å². The number of carbonyl (C=O) groups excluding carboxylic acids is 2. The number of benzene rings is 1. The van der Waals surface area contributed by atoms with Crippen molar-refractivity contribution < 1.29 is 14.3 Å². The van der Waals surface area contributed by atoms with E-state index in [1.165, 1.54) is 16.2 Å². The number of carbonyl (C=O) groups is 2. The van der Waals surface area contributed by atoms with Crippen molar-refractivity contribution in [2.45, 2.75) is 25.4 Å². The van der Waals surface area contributed by atoms with Crippen LogP contribution in [0.15, 0.2) is 53.5 Å². The molecule has 3 rings (SSSR count). The average Bonchev–Trinajstić information content (AvgIpc) is 3.14. The molecule has 0 radical (unpaired) electrons. The van der Waals surface area contributed by atoms with Gasteiger partial charge in [-0.25, -0.2) is 9.48 Å². The molecular formula is C22H27N5O4S. The lowest BCUT2D eigenvalue weighted by Gasteiger charge is -2.19. The van der Waals surface area contributed by atoms with E-state index in [0.29, 0.717) is 42.9 Å². The zero-order chi connectivity index (χ0) is 22.9. The molecule has 2 aromatic heterocycles. The molecule has 170 valence electrons. The Balaban J connectivity index is 1.56. The summed E-state index contributed by atoms with van der Waals surface area (Å²) in [6.45, 7) is 0.739. The number of nitrogens with zero attached hydrogens (tertiary/aromatic N) is 3. The Labute approximate surface area is 190 Å². The van der Waals surface area contributed by atoms with Crippen molar-refractivity contribution in [2.24, 2.45) is 0 Å². The molecule has 0 saturated carbocycles. The summed E-state index contributed by atoms with van der Waals surface area (Å²) in [6.07, 6.45) is 4.65. The van der Waals surface area contributed by atoms with Crippen molar-refractivity contribution >= 4 is 29.2 Å². The molecule has 32 heavy (non-hydrogen) atoms. The van der Waals surface area contributed by atoms with E-state index in [9.17, 15) is 14.4 Å². The van der Waals surface area contributed by atoms with Crippen LogP contribution in [0.3, 0.4) is 0 Å². The second-order valence-corrected chi connectivity index (χ2v) is 8.07. The fourth-order valence-corrected chi connectivity index (χ4v) is 3.72. The van der Waals surface area contributed by atoms with Gasteiger partial charge in [0.1, 0.15) is 11.8 Å². The number of pyridine rings is 1. The molecule has 0 aliphatic carbocycles. The maximum absolute atomic E-state index is 12.7. The number of para-hydroxylation sites is 1. The Morgan fingerprint density at radius 2 is 1.97 bits per heavy atom. The number of ether oxygens (including phenoxy) is 1. The maximum Gasteiger partial charge on any atom is 0.350 e. The van der Waals surface area contributed by atoms with Gasteiger partial charge in [0.15, 0.2) is 5.65 Å². The van der Waals surface area contributed by atoms with Crippen molar-refractivity contribution in [3.63, 3.8) is 0 Å². The molecular weight excluding hydrogens is 430 g/mol. The van der Waals surface area contributed by atoms with Crippen molar-refractivity contribution in [3.05, 3.63) is 64.7 Å². The van der Waals surface area contributed by atoms with E-state index >= 15 is 0 Å². The predicted octanol–water partition coefficient (Wildman–Crippen LogP) is 1.56. The third-order valence-corrected chi connectivity index (χ3v) is 5.56. The summed E-state index contributed by atoms with van der Waals surface area (Å²) in [7, 11) is 1.50. The number of nitrogens with one attached hydrogen (secondary N) is 2. The molecule has 10 heteroatoms. The van der Waals surface area contributed by atoms with Crippen LogP contribution < -0.4 is 21.1 Å². The fourth-order valence-electron chi connectivity index (χ4n) is 3.25. The SMILES string of the molecule is COc1ccccc1C(=O)NC(CCSC)C(=O)NCCCn1nc2ccccn2c1=O. The molecule has 2 amide bonds. The first-order chi connectivity index (χ1) is 15.5. The second-order valence-electron chi connectivity index (χ2n) is 7.09. The van der Waals surface area contributed by atoms with Crippen molar-refractivity contribution in [3.8, 4) is 5.75 Å². The molecule has 0 bridgehead atoms. The van der Waals surface area contributed by atoms with Gasteiger partial charge in [0.05, 0.1) is 12.7 Å². The first kappa shape index (κ1) is 23.4. The summed E-state index contributed by atoms with van der Waals surface area (Å²) in [4.78, 5) is 37.8. The smallest absolute Gasteiger partial charge is 0.350 e. The van der Waals surface area contributed by atoms with Crippen LogP contribution in [0.1, 0.15) is 23.2 Å². The summed E-state index contributed by atoms with van der Waals surface area (Å²) in [5.74, 6) is 0.553. The van der Waals surface area contributed by atoms with Crippen LogP contribution in [0.5, 0.6) is 5.75 Å². The molecule has 3 aromatic rings.